The van der Waals surface area contributed by atoms with Crippen LogP contribution in [0.4, 0.5) is 0 Å². The first-order valence-electron chi connectivity index (χ1n) is 8.12. The standard InChI is InChI=1S/C13H26S3.C3H6O2/c1-2-3-4-5-6-7-8-9-10-11-12-16-13(14)15;1-2-3(4)5/h2-12H2,1H3,(H,14,15);2H2,1H3,(H,4,5). The monoisotopic (exact) mass is 352 g/mol. The van der Waals surface area contributed by atoms with Gasteiger partial charge in [-0.25, -0.2) is 0 Å². The van der Waals surface area contributed by atoms with Crippen LogP contribution in [0.2, 0.25) is 0 Å². The summed E-state index contributed by atoms with van der Waals surface area (Å²) in [5.74, 6) is 0.406. The molecule has 1 N–H and O–H groups in total. The summed E-state index contributed by atoms with van der Waals surface area (Å²) in [6.07, 6.45) is 14.2. The van der Waals surface area contributed by atoms with Crippen molar-refractivity contribution in [2.75, 3.05) is 5.75 Å². The predicted molar refractivity (Wildman–Crippen MR) is 104 cm³/mol. The zero-order valence-corrected chi connectivity index (χ0v) is 16.1. The van der Waals surface area contributed by atoms with Crippen LogP contribution in [0.25, 0.3) is 0 Å². The number of thiocarbonyl (C=S) groups is 1. The Hall–Kier alpha value is 0.260. The Balaban J connectivity index is 0. The lowest BCUT2D eigenvalue weighted by atomic mass is 10.1. The molecule has 0 aliphatic heterocycles. The molecule has 0 saturated carbocycles. The summed E-state index contributed by atoms with van der Waals surface area (Å²) in [6.45, 7) is 3.87. The number of carboxylic acids is 1. The van der Waals surface area contributed by atoms with Crippen LogP contribution in [0.3, 0.4) is 0 Å². The summed E-state index contributed by atoms with van der Waals surface area (Å²) in [7, 11) is 0. The number of hydrogen-bond acceptors (Lipinski definition) is 3. The van der Waals surface area contributed by atoms with Gasteiger partial charge in [0.05, 0.1) is 0 Å². The molecule has 0 unspecified atom stereocenters. The van der Waals surface area contributed by atoms with Crippen LogP contribution in [0.5, 0.6) is 0 Å². The Morgan fingerprint density at radius 3 is 1.67 bits per heavy atom. The maximum Gasteiger partial charge on any atom is 0.303 e. The first kappa shape index (κ1) is 23.5. The van der Waals surface area contributed by atoms with Crippen LogP contribution in [0, 0.1) is 0 Å². The molecule has 0 saturated heterocycles. The maximum absolute atomic E-state index is 9.37. The quantitative estimate of drug-likeness (QED) is 0.244. The lowest BCUT2D eigenvalue weighted by molar-refractivity contribution is -0.136. The van der Waals surface area contributed by atoms with E-state index in [-0.39, 0.29) is 6.42 Å². The minimum Gasteiger partial charge on any atom is -0.481 e. The molecule has 0 rings (SSSR count). The summed E-state index contributed by atoms with van der Waals surface area (Å²) in [4.78, 5) is 9.37. The molecule has 5 heteroatoms. The van der Waals surface area contributed by atoms with Crippen molar-refractivity contribution in [1.29, 1.82) is 0 Å². The number of thiol groups is 1. The zero-order chi connectivity index (χ0) is 16.3. The van der Waals surface area contributed by atoms with Crippen LogP contribution in [0.1, 0.15) is 84.5 Å². The summed E-state index contributed by atoms with van der Waals surface area (Å²) in [6, 6.07) is 0. The van der Waals surface area contributed by atoms with E-state index in [1.807, 2.05) is 0 Å². The van der Waals surface area contributed by atoms with E-state index in [1.54, 1.807) is 18.7 Å². The summed E-state index contributed by atoms with van der Waals surface area (Å²) in [5.41, 5.74) is 0. The van der Waals surface area contributed by atoms with Crippen molar-refractivity contribution in [1.82, 2.24) is 0 Å². The van der Waals surface area contributed by atoms with Gasteiger partial charge in [-0.2, -0.15) is 0 Å². The molecule has 0 bridgehead atoms. The molecule has 0 aliphatic carbocycles. The van der Waals surface area contributed by atoms with Crippen LogP contribution in [-0.2, 0) is 4.79 Å². The highest BCUT2D eigenvalue weighted by Crippen LogP contribution is 2.14. The average Bonchev–Trinajstić information content (AvgIpc) is 2.45. The number of carbonyl (C=O) groups is 1. The van der Waals surface area contributed by atoms with Gasteiger partial charge in [-0.15, -0.1) is 24.4 Å². The molecule has 2 nitrogen and oxygen atoms in total. The van der Waals surface area contributed by atoms with Crippen molar-refractivity contribution in [3.05, 3.63) is 0 Å². The molecule has 0 aliphatic rings. The zero-order valence-electron chi connectivity index (χ0n) is 13.6. The third kappa shape index (κ3) is 29.0. The number of hydrogen-bond donors (Lipinski definition) is 2. The van der Waals surface area contributed by atoms with Crippen LogP contribution in [0.15, 0.2) is 0 Å². The van der Waals surface area contributed by atoms with E-state index in [9.17, 15) is 4.79 Å². The fourth-order valence-electron chi connectivity index (χ4n) is 1.75. The highest BCUT2D eigenvalue weighted by Gasteiger charge is 1.94. The fraction of sp³-hybridized carbons (Fsp3) is 0.875. The molecule has 21 heavy (non-hydrogen) atoms. The van der Waals surface area contributed by atoms with Gasteiger partial charge in [-0.05, 0) is 12.2 Å². The molecule has 0 spiro atoms. The number of carboxylic acid groups (broad SMARTS) is 1. The second-order valence-electron chi connectivity index (χ2n) is 5.04. The van der Waals surface area contributed by atoms with Gasteiger partial charge in [-0.3, -0.25) is 4.79 Å². The van der Waals surface area contributed by atoms with Crippen molar-refractivity contribution in [2.24, 2.45) is 0 Å². The number of unbranched alkanes of at least 4 members (excludes halogenated alkanes) is 9. The predicted octanol–water partition coefficient (Wildman–Crippen LogP) is 6.34. The minimum absolute atomic E-state index is 0.222. The molecular formula is C16H32O2S3. The topological polar surface area (TPSA) is 37.3 Å². The second-order valence-corrected chi connectivity index (χ2v) is 7.87. The van der Waals surface area contributed by atoms with E-state index < -0.39 is 5.97 Å². The molecule has 0 aromatic rings. The highest BCUT2D eigenvalue weighted by atomic mass is 32.2. The molecule has 0 amide bonds. The van der Waals surface area contributed by atoms with Crippen molar-refractivity contribution >= 4 is 46.1 Å². The second kappa shape index (κ2) is 20.3. The third-order valence-corrected chi connectivity index (χ3v) is 4.51. The molecule has 0 atom stereocenters. The molecule has 0 aromatic carbocycles. The third-order valence-electron chi connectivity index (χ3n) is 3.03. The van der Waals surface area contributed by atoms with Crippen molar-refractivity contribution in [3.63, 3.8) is 0 Å². The van der Waals surface area contributed by atoms with Crippen molar-refractivity contribution in [3.8, 4) is 0 Å². The summed E-state index contributed by atoms with van der Waals surface area (Å²) < 4.78 is 0.788. The minimum atomic E-state index is -0.745. The number of rotatable bonds is 12. The number of aliphatic carboxylic acids is 1. The van der Waals surface area contributed by atoms with Crippen LogP contribution < -0.4 is 0 Å². The Bertz CT molecular complexity index is 246. The van der Waals surface area contributed by atoms with E-state index in [4.69, 9.17) is 17.3 Å². The lowest BCUT2D eigenvalue weighted by Crippen LogP contribution is -1.86. The van der Waals surface area contributed by atoms with Gasteiger partial charge in [0.25, 0.3) is 0 Å². The summed E-state index contributed by atoms with van der Waals surface area (Å²) >= 11 is 10.7. The van der Waals surface area contributed by atoms with Gasteiger partial charge in [0.15, 0.2) is 0 Å². The van der Waals surface area contributed by atoms with Gasteiger partial charge in [0, 0.05) is 6.42 Å². The summed E-state index contributed by atoms with van der Waals surface area (Å²) in [5, 5.41) is 7.72. The first-order chi connectivity index (χ1) is 10.0. The molecule has 0 aromatic heterocycles. The van der Waals surface area contributed by atoms with Gasteiger partial charge in [0.2, 0.25) is 0 Å². The Labute approximate surface area is 146 Å². The van der Waals surface area contributed by atoms with Gasteiger partial charge in [0.1, 0.15) is 3.53 Å². The average molecular weight is 353 g/mol. The maximum atomic E-state index is 9.37. The van der Waals surface area contributed by atoms with Crippen molar-refractivity contribution in [2.45, 2.75) is 84.5 Å². The van der Waals surface area contributed by atoms with E-state index >= 15 is 0 Å². The SMILES string of the molecule is CCC(=O)O.CCCCCCCCCCCCSC(=S)S. The Morgan fingerprint density at radius 2 is 1.33 bits per heavy atom. The van der Waals surface area contributed by atoms with E-state index in [1.165, 1.54) is 64.2 Å². The lowest BCUT2D eigenvalue weighted by Gasteiger charge is -2.01. The van der Waals surface area contributed by atoms with Gasteiger partial charge in [-0.1, -0.05) is 83.9 Å². The van der Waals surface area contributed by atoms with Gasteiger partial charge < -0.3 is 5.11 Å². The molecule has 0 radical (unpaired) electrons. The van der Waals surface area contributed by atoms with E-state index in [0.717, 1.165) is 9.28 Å². The molecule has 0 heterocycles. The highest BCUT2D eigenvalue weighted by molar-refractivity contribution is 8.41. The van der Waals surface area contributed by atoms with Crippen LogP contribution in [-0.4, -0.2) is 20.4 Å². The first-order valence-corrected chi connectivity index (χ1v) is 9.96. The Kier molecular flexibility index (Phi) is 22.7. The fourth-order valence-corrected chi connectivity index (χ4v) is 2.80. The van der Waals surface area contributed by atoms with E-state index in [0.29, 0.717) is 0 Å². The Morgan fingerprint density at radius 1 is 0.952 bits per heavy atom. The normalized spacial score (nSPS) is 9.86. The smallest absolute Gasteiger partial charge is 0.303 e. The largest absolute Gasteiger partial charge is 0.481 e. The molecular weight excluding hydrogens is 320 g/mol. The molecule has 0 fully saturated rings. The number of thioether (sulfide) groups is 1. The van der Waals surface area contributed by atoms with E-state index in [2.05, 4.69) is 19.6 Å². The van der Waals surface area contributed by atoms with Gasteiger partial charge >= 0.3 is 5.97 Å². The van der Waals surface area contributed by atoms with Crippen molar-refractivity contribution < 1.29 is 9.90 Å². The molecule has 126 valence electrons. The van der Waals surface area contributed by atoms with Crippen LogP contribution >= 0.6 is 36.6 Å².